The van der Waals surface area contributed by atoms with E-state index in [4.69, 9.17) is 14.2 Å². The molecule has 10 nitrogen and oxygen atoms in total. The third kappa shape index (κ3) is 4.50. The lowest BCUT2D eigenvalue weighted by Gasteiger charge is -2.18. The van der Waals surface area contributed by atoms with Crippen molar-refractivity contribution in [1.29, 1.82) is 0 Å². The number of fused-ring (bicyclic) bond motifs is 2. The van der Waals surface area contributed by atoms with E-state index in [1.807, 2.05) is 0 Å². The lowest BCUT2D eigenvalue weighted by molar-refractivity contribution is -0.144. The molecule has 0 saturated carbocycles. The van der Waals surface area contributed by atoms with Gasteiger partial charge >= 0.3 is 5.97 Å². The van der Waals surface area contributed by atoms with Crippen LogP contribution < -0.4 is 14.2 Å². The molecule has 1 atom stereocenters. The summed E-state index contributed by atoms with van der Waals surface area (Å²) in [6, 6.07) is 7.98. The molecule has 1 unspecified atom stereocenters. The predicted molar refractivity (Wildman–Crippen MR) is 110 cm³/mol. The van der Waals surface area contributed by atoms with Gasteiger partial charge in [-0.05, 0) is 37.3 Å². The first kappa shape index (κ1) is 21.2. The Morgan fingerprint density at radius 3 is 2.74 bits per heavy atom. The summed E-state index contributed by atoms with van der Waals surface area (Å²) < 4.78 is 51.4. The second-order valence-electron chi connectivity index (χ2n) is 6.62. The number of Topliss-reactive ketones (excluding diaryl/α,β-unsaturated/α-hetero) is 1. The van der Waals surface area contributed by atoms with E-state index in [0.717, 1.165) is 11.7 Å². The normalized spacial score (nSPS) is 14.2. The van der Waals surface area contributed by atoms with E-state index in [1.54, 1.807) is 18.2 Å². The molecule has 1 aliphatic rings. The summed E-state index contributed by atoms with van der Waals surface area (Å²) in [6.45, 7) is 1.59. The minimum atomic E-state index is -4.06. The van der Waals surface area contributed by atoms with Gasteiger partial charge in [-0.3, -0.25) is 9.59 Å². The third-order valence-corrected chi connectivity index (χ3v) is 6.55. The van der Waals surface area contributed by atoms with Crippen molar-refractivity contribution in [2.24, 2.45) is 0 Å². The highest BCUT2D eigenvalue weighted by Crippen LogP contribution is 2.30. The molecule has 1 N–H and O–H groups in total. The first-order chi connectivity index (χ1) is 14.8. The SMILES string of the molecule is CC(NS(=O)(=O)c1cccc2nsnc12)C(=O)OCC(=O)c1ccc2c(c1)OCCO2. The number of carbonyl (C=O) groups is 2. The number of hydrogen-bond donors (Lipinski definition) is 1. The monoisotopic (exact) mass is 463 g/mol. The standard InChI is InChI=1S/C19H17N3O7S2/c1-11(22-31(25,26)17-4-2-3-13-18(17)21-30-20-13)19(24)29-10-14(23)12-5-6-15-16(9-12)28-8-7-27-15/h2-6,9,11,22H,7-8,10H2,1H3. The molecule has 0 spiro atoms. The van der Waals surface area contributed by atoms with E-state index in [1.165, 1.54) is 25.1 Å². The van der Waals surface area contributed by atoms with Gasteiger partial charge < -0.3 is 14.2 Å². The van der Waals surface area contributed by atoms with Crippen LogP contribution in [-0.2, 0) is 19.6 Å². The van der Waals surface area contributed by atoms with Crippen LogP contribution in [0.3, 0.4) is 0 Å². The number of esters is 1. The fourth-order valence-electron chi connectivity index (χ4n) is 2.90. The number of rotatable bonds is 7. The lowest BCUT2D eigenvalue weighted by Crippen LogP contribution is -2.40. The number of nitrogens with one attached hydrogen (secondary N) is 1. The Morgan fingerprint density at radius 2 is 1.94 bits per heavy atom. The van der Waals surface area contributed by atoms with E-state index in [9.17, 15) is 18.0 Å². The fourth-order valence-corrected chi connectivity index (χ4v) is 4.86. The molecule has 12 heteroatoms. The molecule has 162 valence electrons. The topological polar surface area (TPSA) is 134 Å². The smallest absolute Gasteiger partial charge is 0.324 e. The van der Waals surface area contributed by atoms with Gasteiger partial charge in [0.15, 0.2) is 23.9 Å². The molecule has 0 radical (unpaired) electrons. The molecule has 4 rings (SSSR count). The number of hydrogen-bond acceptors (Lipinski definition) is 10. The Hall–Kier alpha value is -3.09. The van der Waals surface area contributed by atoms with Gasteiger partial charge in [-0.15, -0.1) is 0 Å². The Balaban J connectivity index is 1.38. The van der Waals surface area contributed by atoms with Gasteiger partial charge in [0, 0.05) is 5.56 Å². The van der Waals surface area contributed by atoms with E-state index in [2.05, 4.69) is 13.5 Å². The average Bonchev–Trinajstić information content (AvgIpc) is 3.25. The van der Waals surface area contributed by atoms with Gasteiger partial charge in [0.05, 0.1) is 11.7 Å². The van der Waals surface area contributed by atoms with Crippen LogP contribution in [0.4, 0.5) is 0 Å². The van der Waals surface area contributed by atoms with Gasteiger partial charge in [-0.1, -0.05) is 6.07 Å². The lowest BCUT2D eigenvalue weighted by atomic mass is 10.1. The first-order valence-electron chi connectivity index (χ1n) is 9.18. The van der Waals surface area contributed by atoms with Crippen LogP contribution in [0.15, 0.2) is 41.3 Å². The molecule has 0 amide bonds. The van der Waals surface area contributed by atoms with Crippen LogP contribution >= 0.6 is 11.7 Å². The van der Waals surface area contributed by atoms with Gasteiger partial charge in [0.25, 0.3) is 0 Å². The maximum Gasteiger partial charge on any atom is 0.324 e. The van der Waals surface area contributed by atoms with Crippen LogP contribution in [0.1, 0.15) is 17.3 Å². The van der Waals surface area contributed by atoms with Crippen LogP contribution in [0.25, 0.3) is 11.0 Å². The summed E-state index contributed by atoms with van der Waals surface area (Å²) in [5, 5.41) is 0. The van der Waals surface area contributed by atoms with Crippen molar-refractivity contribution in [1.82, 2.24) is 13.5 Å². The van der Waals surface area contributed by atoms with Crippen molar-refractivity contribution < 1.29 is 32.2 Å². The molecule has 0 aliphatic carbocycles. The zero-order valence-electron chi connectivity index (χ0n) is 16.2. The fraction of sp³-hybridized carbons (Fsp3) is 0.263. The van der Waals surface area contributed by atoms with Crippen LogP contribution in [0, 0.1) is 0 Å². The number of nitrogens with zero attached hydrogens (tertiary/aromatic N) is 2. The number of ketones is 1. The van der Waals surface area contributed by atoms with Crippen LogP contribution in [-0.4, -0.2) is 54.8 Å². The molecule has 1 aliphatic heterocycles. The number of carbonyl (C=O) groups excluding carboxylic acids is 2. The highest BCUT2D eigenvalue weighted by atomic mass is 32.2. The quantitative estimate of drug-likeness (QED) is 0.409. The molecular formula is C19H17N3O7S2. The molecule has 31 heavy (non-hydrogen) atoms. The number of sulfonamides is 1. The van der Waals surface area contributed by atoms with E-state index < -0.39 is 34.4 Å². The van der Waals surface area contributed by atoms with Crippen LogP contribution in [0.5, 0.6) is 11.5 Å². The van der Waals surface area contributed by atoms with Crippen molar-refractivity contribution in [3.8, 4) is 11.5 Å². The van der Waals surface area contributed by atoms with Gasteiger partial charge in [0.2, 0.25) is 10.0 Å². The Bertz CT molecular complexity index is 1260. The zero-order valence-corrected chi connectivity index (χ0v) is 17.9. The van der Waals surface area contributed by atoms with Crippen molar-refractivity contribution in [2.45, 2.75) is 17.9 Å². The molecule has 0 bridgehead atoms. The van der Waals surface area contributed by atoms with E-state index in [-0.39, 0.29) is 16.0 Å². The van der Waals surface area contributed by atoms with Crippen molar-refractivity contribution >= 4 is 44.5 Å². The first-order valence-corrected chi connectivity index (χ1v) is 11.4. The molecule has 3 aromatic rings. The van der Waals surface area contributed by atoms with E-state index >= 15 is 0 Å². The summed E-state index contributed by atoms with van der Waals surface area (Å²) in [4.78, 5) is 24.5. The largest absolute Gasteiger partial charge is 0.486 e. The minimum absolute atomic E-state index is 0.0919. The number of ether oxygens (including phenoxy) is 3. The Kier molecular flexibility index (Phi) is 5.85. The maximum absolute atomic E-state index is 12.7. The van der Waals surface area contributed by atoms with Crippen molar-refractivity contribution in [2.75, 3.05) is 19.8 Å². The molecule has 2 heterocycles. The predicted octanol–water partition coefficient (Wildman–Crippen LogP) is 1.56. The highest BCUT2D eigenvalue weighted by Gasteiger charge is 2.26. The average molecular weight is 463 g/mol. The summed E-state index contributed by atoms with van der Waals surface area (Å²) in [5.74, 6) is -0.375. The second-order valence-corrected chi connectivity index (χ2v) is 8.83. The Labute approximate surface area is 181 Å². The molecule has 2 aromatic carbocycles. The highest BCUT2D eigenvalue weighted by molar-refractivity contribution is 7.89. The summed E-state index contributed by atoms with van der Waals surface area (Å²) in [6.07, 6.45) is 0. The third-order valence-electron chi connectivity index (χ3n) is 4.43. The molecule has 0 fully saturated rings. The summed E-state index contributed by atoms with van der Waals surface area (Å²) in [5.41, 5.74) is 0.940. The summed E-state index contributed by atoms with van der Waals surface area (Å²) >= 11 is 0.888. The maximum atomic E-state index is 12.7. The van der Waals surface area contributed by atoms with Gasteiger partial charge in [-0.25, -0.2) is 8.42 Å². The Morgan fingerprint density at radius 1 is 1.16 bits per heavy atom. The van der Waals surface area contributed by atoms with Gasteiger partial charge in [-0.2, -0.15) is 13.5 Å². The molecule has 1 aromatic heterocycles. The zero-order chi connectivity index (χ0) is 22.0. The van der Waals surface area contributed by atoms with Crippen molar-refractivity contribution in [3.63, 3.8) is 0 Å². The second kappa shape index (κ2) is 8.57. The van der Waals surface area contributed by atoms with E-state index in [0.29, 0.717) is 30.2 Å². The number of aromatic nitrogens is 2. The van der Waals surface area contributed by atoms with Crippen molar-refractivity contribution in [3.05, 3.63) is 42.0 Å². The van der Waals surface area contributed by atoms with Crippen LogP contribution in [0.2, 0.25) is 0 Å². The molecule has 0 saturated heterocycles. The summed E-state index contributed by atoms with van der Waals surface area (Å²) in [7, 11) is -4.06. The van der Waals surface area contributed by atoms with Gasteiger partial charge in [0.1, 0.15) is 35.2 Å². The molecular weight excluding hydrogens is 446 g/mol. The number of benzene rings is 2. The minimum Gasteiger partial charge on any atom is -0.486 e.